The third-order valence-corrected chi connectivity index (χ3v) is 4.61. The molecule has 0 aliphatic carbocycles. The Balaban J connectivity index is 1.46. The number of rotatable bonds is 5. The van der Waals surface area contributed by atoms with Crippen molar-refractivity contribution in [3.05, 3.63) is 114 Å². The number of carbonyl (C=O) groups is 1. The molecule has 0 atom stereocenters. The second kappa shape index (κ2) is 7.32. The maximum atomic E-state index is 12.6. The minimum Gasteiger partial charge on any atom is -0.287 e. The first kappa shape index (κ1) is 16.2. The van der Waals surface area contributed by atoms with E-state index in [1.807, 2.05) is 59.4 Å². The summed E-state index contributed by atoms with van der Waals surface area (Å²) in [5.41, 5.74) is 3.28. The van der Waals surface area contributed by atoms with Gasteiger partial charge in [0.25, 0.3) is 0 Å². The van der Waals surface area contributed by atoms with Gasteiger partial charge in [0.15, 0.2) is 12.4 Å². The van der Waals surface area contributed by atoms with Crippen LogP contribution in [0.25, 0.3) is 10.8 Å². The molecule has 126 valence electrons. The Morgan fingerprint density at radius 1 is 0.692 bits per heavy atom. The van der Waals surface area contributed by atoms with Gasteiger partial charge in [0.2, 0.25) is 12.3 Å². The lowest BCUT2D eigenvalue weighted by Gasteiger charge is -2.03. The molecule has 0 aliphatic rings. The van der Waals surface area contributed by atoms with Crippen molar-refractivity contribution in [2.24, 2.45) is 0 Å². The molecule has 0 saturated heterocycles. The molecule has 3 aromatic carbocycles. The van der Waals surface area contributed by atoms with Crippen LogP contribution in [0.2, 0.25) is 0 Å². The second-order valence-corrected chi connectivity index (χ2v) is 6.53. The van der Waals surface area contributed by atoms with E-state index in [9.17, 15) is 4.79 Å². The van der Waals surface area contributed by atoms with Crippen LogP contribution in [0.3, 0.4) is 0 Å². The van der Waals surface area contributed by atoms with E-state index in [4.69, 9.17) is 0 Å². The fourth-order valence-electron chi connectivity index (χ4n) is 3.16. The summed E-state index contributed by atoms with van der Waals surface area (Å²) in [5.74, 6) is 0.122. The average Bonchev–Trinajstić information content (AvgIpc) is 2.70. The number of carbonyl (C=O) groups excluding carboxylic acids is 1. The predicted octanol–water partition coefficient (Wildman–Crippen LogP) is 4.60. The average molecular weight is 338 g/mol. The van der Waals surface area contributed by atoms with E-state index >= 15 is 0 Å². The molecule has 0 unspecified atom stereocenters. The van der Waals surface area contributed by atoms with Crippen molar-refractivity contribution in [1.82, 2.24) is 0 Å². The molecule has 4 aromatic rings. The predicted molar refractivity (Wildman–Crippen MR) is 104 cm³/mol. The van der Waals surface area contributed by atoms with E-state index in [-0.39, 0.29) is 5.78 Å². The number of nitrogens with zero attached hydrogens (tertiary/aromatic N) is 1. The van der Waals surface area contributed by atoms with Gasteiger partial charge in [-0.15, -0.1) is 0 Å². The zero-order chi connectivity index (χ0) is 17.8. The fraction of sp³-hybridized carbons (Fsp3) is 0.0833. The number of ketones is 1. The molecule has 0 amide bonds. The molecule has 4 rings (SSSR count). The summed E-state index contributed by atoms with van der Waals surface area (Å²) in [6.45, 7) is 0.351. The Bertz CT molecular complexity index is 1040. The molecule has 26 heavy (non-hydrogen) atoms. The van der Waals surface area contributed by atoms with Gasteiger partial charge in [-0.05, 0) is 34.4 Å². The smallest absolute Gasteiger partial charge is 0.227 e. The molecule has 0 spiro atoms. The molecule has 0 bridgehead atoms. The van der Waals surface area contributed by atoms with E-state index in [1.165, 1.54) is 11.1 Å². The van der Waals surface area contributed by atoms with Crippen LogP contribution in [0, 0.1) is 0 Å². The molecule has 0 radical (unpaired) electrons. The van der Waals surface area contributed by atoms with E-state index in [1.54, 1.807) is 0 Å². The Kier molecular flexibility index (Phi) is 4.57. The van der Waals surface area contributed by atoms with Crippen LogP contribution < -0.4 is 4.57 Å². The summed E-state index contributed by atoms with van der Waals surface area (Å²) in [4.78, 5) is 12.6. The Morgan fingerprint density at radius 2 is 1.35 bits per heavy atom. The van der Waals surface area contributed by atoms with Crippen LogP contribution in [0.4, 0.5) is 0 Å². The summed E-state index contributed by atoms with van der Waals surface area (Å²) in [5, 5.41) is 2.25. The fourth-order valence-corrected chi connectivity index (χ4v) is 3.16. The number of Topliss-reactive ketones (excluding diaryl/α,β-unsaturated/α-hetero) is 1. The molecular formula is C24H20NO+. The van der Waals surface area contributed by atoms with Gasteiger partial charge in [-0.1, -0.05) is 66.7 Å². The number of hydrogen-bond acceptors (Lipinski definition) is 1. The molecule has 2 nitrogen and oxygen atoms in total. The third kappa shape index (κ3) is 3.70. The molecule has 0 saturated carbocycles. The standard InChI is InChI=1S/C24H20NO/c26-24(23-11-10-21-8-4-5-9-22(21)17-23)18-25-14-12-20(13-15-25)16-19-6-2-1-3-7-19/h1-15,17H,16,18H2/q+1. The van der Waals surface area contributed by atoms with Crippen molar-refractivity contribution in [3.8, 4) is 0 Å². The number of pyridine rings is 1. The maximum Gasteiger partial charge on any atom is 0.227 e. The maximum absolute atomic E-state index is 12.6. The minimum atomic E-state index is 0.122. The zero-order valence-electron chi connectivity index (χ0n) is 14.5. The van der Waals surface area contributed by atoms with Crippen molar-refractivity contribution in [2.75, 3.05) is 0 Å². The Hall–Kier alpha value is -3.26. The Morgan fingerprint density at radius 3 is 2.12 bits per heavy atom. The highest BCUT2D eigenvalue weighted by molar-refractivity contribution is 5.99. The summed E-state index contributed by atoms with van der Waals surface area (Å²) in [6.07, 6.45) is 4.87. The highest BCUT2D eigenvalue weighted by Gasteiger charge is 2.12. The lowest BCUT2D eigenvalue weighted by atomic mass is 10.0. The summed E-state index contributed by atoms with van der Waals surface area (Å²) in [7, 11) is 0. The van der Waals surface area contributed by atoms with Gasteiger partial charge in [0.1, 0.15) is 0 Å². The van der Waals surface area contributed by atoms with Gasteiger partial charge in [-0.25, -0.2) is 0 Å². The van der Waals surface area contributed by atoms with Crippen molar-refractivity contribution in [3.63, 3.8) is 0 Å². The van der Waals surface area contributed by atoms with Gasteiger partial charge in [-0.2, -0.15) is 4.57 Å². The van der Waals surface area contributed by atoms with Crippen molar-refractivity contribution < 1.29 is 9.36 Å². The first-order chi connectivity index (χ1) is 12.8. The highest BCUT2D eigenvalue weighted by atomic mass is 16.1. The first-order valence-corrected chi connectivity index (χ1v) is 8.82. The molecular weight excluding hydrogens is 318 g/mol. The van der Waals surface area contributed by atoms with E-state index in [0.29, 0.717) is 6.54 Å². The minimum absolute atomic E-state index is 0.122. The lowest BCUT2D eigenvalue weighted by molar-refractivity contribution is -0.683. The molecule has 1 aromatic heterocycles. The highest BCUT2D eigenvalue weighted by Crippen LogP contribution is 2.16. The first-order valence-electron chi connectivity index (χ1n) is 8.82. The van der Waals surface area contributed by atoms with Crippen molar-refractivity contribution >= 4 is 16.6 Å². The second-order valence-electron chi connectivity index (χ2n) is 6.53. The number of hydrogen-bond donors (Lipinski definition) is 0. The summed E-state index contributed by atoms with van der Waals surface area (Å²) < 4.78 is 1.94. The lowest BCUT2D eigenvalue weighted by Crippen LogP contribution is -2.37. The monoisotopic (exact) mass is 338 g/mol. The topological polar surface area (TPSA) is 20.9 Å². The zero-order valence-corrected chi connectivity index (χ0v) is 14.5. The van der Waals surface area contributed by atoms with Crippen LogP contribution in [0.15, 0.2) is 97.3 Å². The number of fused-ring (bicyclic) bond motifs is 1. The quantitative estimate of drug-likeness (QED) is 0.385. The summed E-state index contributed by atoms with van der Waals surface area (Å²) >= 11 is 0. The van der Waals surface area contributed by atoms with E-state index in [2.05, 4.69) is 42.5 Å². The van der Waals surface area contributed by atoms with Crippen molar-refractivity contribution in [2.45, 2.75) is 13.0 Å². The van der Waals surface area contributed by atoms with Gasteiger partial charge in [0, 0.05) is 17.7 Å². The SMILES string of the molecule is O=C(C[n+]1ccc(Cc2ccccc2)cc1)c1ccc2ccccc2c1. The van der Waals surface area contributed by atoms with Gasteiger partial charge < -0.3 is 0 Å². The van der Waals surface area contributed by atoms with Crippen molar-refractivity contribution in [1.29, 1.82) is 0 Å². The normalized spacial score (nSPS) is 10.8. The summed E-state index contributed by atoms with van der Waals surface area (Å²) in [6, 6.07) is 28.6. The van der Waals surface area contributed by atoms with Crippen LogP contribution >= 0.6 is 0 Å². The van der Waals surface area contributed by atoms with Crippen LogP contribution in [-0.2, 0) is 13.0 Å². The van der Waals surface area contributed by atoms with Gasteiger partial charge in [-0.3, -0.25) is 4.79 Å². The molecule has 2 heteroatoms. The molecule has 0 N–H and O–H groups in total. The van der Waals surface area contributed by atoms with Crippen LogP contribution in [0.5, 0.6) is 0 Å². The number of benzene rings is 3. The largest absolute Gasteiger partial charge is 0.287 e. The third-order valence-electron chi connectivity index (χ3n) is 4.61. The molecule has 0 fully saturated rings. The van der Waals surface area contributed by atoms with E-state index < -0.39 is 0 Å². The van der Waals surface area contributed by atoms with Gasteiger partial charge >= 0.3 is 0 Å². The van der Waals surface area contributed by atoms with Gasteiger partial charge in [0.05, 0.1) is 0 Å². The van der Waals surface area contributed by atoms with Crippen LogP contribution in [-0.4, -0.2) is 5.78 Å². The molecule has 1 heterocycles. The van der Waals surface area contributed by atoms with Crippen LogP contribution in [0.1, 0.15) is 21.5 Å². The number of aromatic nitrogens is 1. The molecule has 0 aliphatic heterocycles. The Labute approximate surface area is 153 Å². The van der Waals surface area contributed by atoms with E-state index in [0.717, 1.165) is 22.8 Å².